The van der Waals surface area contributed by atoms with Crippen molar-refractivity contribution in [3.05, 3.63) is 40.3 Å². The molecule has 0 aliphatic carbocycles. The molecule has 0 fully saturated rings. The van der Waals surface area contributed by atoms with E-state index in [-0.39, 0.29) is 5.28 Å². The minimum absolute atomic E-state index is 0.152. The first-order valence-electron chi connectivity index (χ1n) is 5.53. The van der Waals surface area contributed by atoms with E-state index in [1.165, 1.54) is 0 Å². The van der Waals surface area contributed by atoms with Crippen molar-refractivity contribution in [2.24, 2.45) is 0 Å². The van der Waals surface area contributed by atoms with E-state index in [0.29, 0.717) is 16.5 Å². The van der Waals surface area contributed by atoms with Gasteiger partial charge in [-0.2, -0.15) is 15.1 Å². The first-order valence-corrected chi connectivity index (χ1v) is 6.29. The molecular weight excluding hydrogens is 285 g/mol. The number of fused-ring (bicyclic) bond motifs is 1. The van der Waals surface area contributed by atoms with Crippen molar-refractivity contribution in [1.29, 1.82) is 0 Å². The van der Waals surface area contributed by atoms with E-state index in [9.17, 15) is 0 Å². The molecule has 0 saturated carbocycles. The van der Waals surface area contributed by atoms with Crippen molar-refractivity contribution >= 4 is 45.7 Å². The van der Waals surface area contributed by atoms with Crippen molar-refractivity contribution in [2.75, 3.05) is 5.32 Å². The van der Waals surface area contributed by atoms with Crippen LogP contribution in [0.15, 0.2) is 24.4 Å². The van der Waals surface area contributed by atoms with Crippen molar-refractivity contribution in [2.45, 2.75) is 6.92 Å². The highest BCUT2D eigenvalue weighted by atomic mass is 35.5. The van der Waals surface area contributed by atoms with Gasteiger partial charge in [0.05, 0.1) is 11.6 Å². The molecule has 3 rings (SSSR count). The Morgan fingerprint density at radius 3 is 2.89 bits per heavy atom. The van der Waals surface area contributed by atoms with Crippen LogP contribution in [0.4, 0.5) is 11.5 Å². The molecule has 0 aliphatic heterocycles. The van der Waals surface area contributed by atoms with Gasteiger partial charge >= 0.3 is 0 Å². The summed E-state index contributed by atoms with van der Waals surface area (Å²) in [6.45, 7) is 1.98. The molecule has 96 valence electrons. The lowest BCUT2D eigenvalue weighted by Crippen LogP contribution is -1.98. The standard InChI is InChI=1S/C12H9Cl2N5/c1-6-2-3-7(13)4-9(6)16-10-8-5-15-19-11(8)18-12(14)17-10/h2-5H,1H3,(H2,15,16,17,18,19). The Labute approximate surface area is 119 Å². The highest BCUT2D eigenvalue weighted by molar-refractivity contribution is 6.31. The fourth-order valence-electron chi connectivity index (χ4n) is 1.76. The Morgan fingerprint density at radius 1 is 1.21 bits per heavy atom. The zero-order valence-electron chi connectivity index (χ0n) is 9.91. The number of nitrogens with zero attached hydrogens (tertiary/aromatic N) is 3. The fraction of sp³-hybridized carbons (Fsp3) is 0.0833. The molecule has 1 aromatic carbocycles. The molecule has 0 aliphatic rings. The highest BCUT2D eigenvalue weighted by Gasteiger charge is 2.10. The minimum Gasteiger partial charge on any atom is -0.339 e. The summed E-state index contributed by atoms with van der Waals surface area (Å²) in [4.78, 5) is 8.23. The molecule has 0 bridgehead atoms. The Balaban J connectivity index is 2.10. The van der Waals surface area contributed by atoms with Gasteiger partial charge < -0.3 is 5.32 Å². The van der Waals surface area contributed by atoms with E-state index in [0.717, 1.165) is 16.6 Å². The van der Waals surface area contributed by atoms with Gasteiger partial charge in [0.15, 0.2) is 5.65 Å². The second kappa shape index (κ2) is 4.68. The molecule has 0 saturated heterocycles. The summed E-state index contributed by atoms with van der Waals surface area (Å²) in [5, 5.41) is 11.5. The number of aromatic nitrogens is 4. The second-order valence-electron chi connectivity index (χ2n) is 4.06. The van der Waals surface area contributed by atoms with Crippen molar-refractivity contribution in [3.8, 4) is 0 Å². The Bertz CT molecular complexity index is 753. The van der Waals surface area contributed by atoms with Gasteiger partial charge in [-0.25, -0.2) is 0 Å². The van der Waals surface area contributed by atoms with Crippen LogP contribution in [0.5, 0.6) is 0 Å². The maximum Gasteiger partial charge on any atom is 0.226 e. The van der Waals surface area contributed by atoms with Crippen molar-refractivity contribution in [1.82, 2.24) is 20.2 Å². The predicted octanol–water partition coefficient (Wildman–Crippen LogP) is 3.71. The zero-order valence-corrected chi connectivity index (χ0v) is 11.4. The zero-order chi connectivity index (χ0) is 13.4. The maximum absolute atomic E-state index is 5.99. The quantitative estimate of drug-likeness (QED) is 0.707. The Hall–Kier alpha value is -1.85. The summed E-state index contributed by atoms with van der Waals surface area (Å²) in [6, 6.07) is 5.60. The van der Waals surface area contributed by atoms with Gasteiger partial charge in [-0.1, -0.05) is 17.7 Å². The number of rotatable bonds is 2. The summed E-state index contributed by atoms with van der Waals surface area (Å²) in [7, 11) is 0. The average molecular weight is 294 g/mol. The monoisotopic (exact) mass is 293 g/mol. The van der Waals surface area contributed by atoms with Crippen LogP contribution in [0, 0.1) is 6.92 Å². The van der Waals surface area contributed by atoms with E-state index in [1.807, 2.05) is 25.1 Å². The summed E-state index contributed by atoms with van der Waals surface area (Å²) in [5.41, 5.74) is 2.50. The molecule has 19 heavy (non-hydrogen) atoms. The maximum atomic E-state index is 5.99. The molecule has 2 N–H and O–H groups in total. The van der Waals surface area contributed by atoms with Crippen molar-refractivity contribution < 1.29 is 0 Å². The summed E-state index contributed by atoms with van der Waals surface area (Å²) >= 11 is 11.9. The fourth-order valence-corrected chi connectivity index (χ4v) is 2.10. The number of aromatic amines is 1. The SMILES string of the molecule is Cc1ccc(Cl)cc1Nc1nc(Cl)nc2[nH]ncc12. The van der Waals surface area contributed by atoms with Crippen LogP contribution in [0.3, 0.4) is 0 Å². The number of H-pyrrole nitrogens is 1. The average Bonchev–Trinajstić information content (AvgIpc) is 2.82. The molecular formula is C12H9Cl2N5. The van der Waals surface area contributed by atoms with E-state index in [4.69, 9.17) is 23.2 Å². The lowest BCUT2D eigenvalue weighted by Gasteiger charge is -2.10. The molecule has 7 heteroatoms. The van der Waals surface area contributed by atoms with Crippen LogP contribution >= 0.6 is 23.2 Å². The first kappa shape index (κ1) is 12.2. The van der Waals surface area contributed by atoms with Gasteiger partial charge in [0.25, 0.3) is 0 Å². The van der Waals surface area contributed by atoms with Gasteiger partial charge in [-0.15, -0.1) is 0 Å². The lowest BCUT2D eigenvalue weighted by atomic mass is 10.2. The van der Waals surface area contributed by atoms with Crippen molar-refractivity contribution in [3.63, 3.8) is 0 Å². The van der Waals surface area contributed by atoms with Gasteiger partial charge in [-0.3, -0.25) is 5.10 Å². The van der Waals surface area contributed by atoms with E-state index in [1.54, 1.807) is 6.20 Å². The van der Waals surface area contributed by atoms with E-state index in [2.05, 4.69) is 25.5 Å². The smallest absolute Gasteiger partial charge is 0.226 e. The number of aryl methyl sites for hydroxylation is 1. The molecule has 5 nitrogen and oxygen atoms in total. The van der Waals surface area contributed by atoms with Gasteiger partial charge in [0.2, 0.25) is 5.28 Å². The molecule has 0 radical (unpaired) electrons. The minimum atomic E-state index is 0.152. The van der Waals surface area contributed by atoms with Gasteiger partial charge in [-0.05, 0) is 36.2 Å². The van der Waals surface area contributed by atoms with Crippen LogP contribution < -0.4 is 5.32 Å². The van der Waals surface area contributed by atoms with Crippen LogP contribution in [0.25, 0.3) is 11.0 Å². The summed E-state index contributed by atoms with van der Waals surface area (Å²) in [5.74, 6) is 0.592. The molecule has 2 heterocycles. The molecule has 2 aromatic heterocycles. The Morgan fingerprint density at radius 2 is 2.05 bits per heavy atom. The second-order valence-corrected chi connectivity index (χ2v) is 4.83. The van der Waals surface area contributed by atoms with Gasteiger partial charge in [0.1, 0.15) is 5.82 Å². The number of nitrogens with one attached hydrogen (secondary N) is 2. The third-order valence-corrected chi connectivity index (χ3v) is 3.14. The largest absolute Gasteiger partial charge is 0.339 e. The summed E-state index contributed by atoms with van der Waals surface area (Å²) < 4.78 is 0. The third kappa shape index (κ3) is 2.34. The molecule has 3 aromatic rings. The van der Waals surface area contributed by atoms with Crippen LogP contribution in [-0.4, -0.2) is 20.2 Å². The van der Waals surface area contributed by atoms with Crippen LogP contribution in [0.2, 0.25) is 10.3 Å². The molecule has 0 amide bonds. The molecule has 0 atom stereocenters. The molecule has 0 spiro atoms. The van der Waals surface area contributed by atoms with E-state index < -0.39 is 0 Å². The topological polar surface area (TPSA) is 66.5 Å². The number of halogens is 2. The number of hydrogen-bond donors (Lipinski definition) is 2. The number of anilines is 2. The highest BCUT2D eigenvalue weighted by Crippen LogP contribution is 2.27. The van der Waals surface area contributed by atoms with E-state index >= 15 is 0 Å². The third-order valence-electron chi connectivity index (χ3n) is 2.74. The number of benzene rings is 1. The number of hydrogen-bond acceptors (Lipinski definition) is 4. The predicted molar refractivity (Wildman–Crippen MR) is 76.2 cm³/mol. The van der Waals surface area contributed by atoms with Crippen LogP contribution in [-0.2, 0) is 0 Å². The van der Waals surface area contributed by atoms with Gasteiger partial charge in [0, 0.05) is 10.7 Å². The Kier molecular flexibility index (Phi) is 3.00. The first-order chi connectivity index (χ1) is 9.13. The molecule has 0 unspecified atom stereocenters. The normalized spacial score (nSPS) is 10.9. The summed E-state index contributed by atoms with van der Waals surface area (Å²) in [6.07, 6.45) is 1.65. The lowest BCUT2D eigenvalue weighted by molar-refractivity contribution is 1.09. The van der Waals surface area contributed by atoms with Crippen LogP contribution in [0.1, 0.15) is 5.56 Å².